The number of hydrogen-bond acceptors (Lipinski definition) is 7. The number of thioether (sulfide) groups is 1. The van der Waals surface area contributed by atoms with Crippen molar-refractivity contribution in [3.63, 3.8) is 0 Å². The van der Waals surface area contributed by atoms with Gasteiger partial charge in [0.25, 0.3) is 5.91 Å². The van der Waals surface area contributed by atoms with E-state index in [0.717, 1.165) is 40.5 Å². The topological polar surface area (TPSA) is 90.6 Å². The van der Waals surface area contributed by atoms with Crippen LogP contribution in [0.3, 0.4) is 0 Å². The molecule has 1 saturated carbocycles. The first-order valence-corrected chi connectivity index (χ1v) is 14.9. The molecule has 0 unspecified atom stereocenters. The predicted octanol–water partition coefficient (Wildman–Crippen LogP) is 6.59. The van der Waals surface area contributed by atoms with Crippen molar-refractivity contribution in [1.29, 1.82) is 0 Å². The van der Waals surface area contributed by atoms with Crippen LogP contribution in [0.25, 0.3) is 11.4 Å². The molecule has 41 heavy (non-hydrogen) atoms. The number of aryl methyl sites for hydroxylation is 1. The lowest BCUT2D eigenvalue weighted by Crippen LogP contribution is -2.20. The first-order chi connectivity index (χ1) is 20.1. The molecule has 212 valence electrons. The third kappa shape index (κ3) is 7.55. The number of methoxy groups -OCH3 is 1. The fraction of sp³-hybridized carbons (Fsp3) is 0.312. The van der Waals surface area contributed by atoms with Crippen molar-refractivity contribution in [3.8, 4) is 22.9 Å². The molecule has 1 heterocycles. The number of rotatable bonds is 11. The maximum atomic E-state index is 12.7. The molecule has 0 aliphatic heterocycles. The molecule has 1 aliphatic rings. The molecule has 0 bridgehead atoms. The van der Waals surface area contributed by atoms with Gasteiger partial charge in [0, 0.05) is 11.6 Å². The number of hydrazone groups is 1. The highest BCUT2D eigenvalue weighted by Crippen LogP contribution is 2.35. The van der Waals surface area contributed by atoms with Gasteiger partial charge in [-0.05, 0) is 49.1 Å². The number of nitrogens with zero attached hydrogens (tertiary/aromatic N) is 4. The minimum atomic E-state index is -0.212. The van der Waals surface area contributed by atoms with E-state index in [9.17, 15) is 4.79 Å². The summed E-state index contributed by atoms with van der Waals surface area (Å²) in [5.41, 5.74) is 6.72. The number of benzene rings is 3. The Bertz CT molecular complexity index is 1460. The van der Waals surface area contributed by atoms with Gasteiger partial charge in [0.2, 0.25) is 0 Å². The first-order valence-electron chi connectivity index (χ1n) is 13.9. The van der Waals surface area contributed by atoms with Gasteiger partial charge in [-0.15, -0.1) is 10.2 Å². The average Bonchev–Trinajstić information content (AvgIpc) is 3.44. The summed E-state index contributed by atoms with van der Waals surface area (Å²) in [6, 6.07) is 24.2. The monoisotopic (exact) mass is 569 g/mol. The number of nitrogens with one attached hydrogen (secondary N) is 1. The number of hydrogen-bond donors (Lipinski definition) is 1. The van der Waals surface area contributed by atoms with E-state index in [0.29, 0.717) is 24.1 Å². The highest BCUT2D eigenvalue weighted by Gasteiger charge is 2.24. The molecule has 0 spiro atoms. The minimum Gasteiger partial charge on any atom is -0.493 e. The smallest absolute Gasteiger partial charge is 0.250 e. The van der Waals surface area contributed by atoms with Crippen LogP contribution in [0.2, 0.25) is 0 Å². The van der Waals surface area contributed by atoms with Crippen molar-refractivity contribution in [1.82, 2.24) is 20.2 Å². The number of amides is 1. The summed E-state index contributed by atoms with van der Waals surface area (Å²) < 4.78 is 13.7. The predicted molar refractivity (Wildman–Crippen MR) is 163 cm³/mol. The fourth-order valence-corrected chi connectivity index (χ4v) is 5.70. The van der Waals surface area contributed by atoms with Gasteiger partial charge in [-0.3, -0.25) is 9.36 Å². The van der Waals surface area contributed by atoms with E-state index in [1.807, 2.05) is 48.5 Å². The van der Waals surface area contributed by atoms with E-state index in [-0.39, 0.29) is 11.7 Å². The molecule has 3 aromatic carbocycles. The quantitative estimate of drug-likeness (QED) is 0.125. The molecule has 1 aliphatic carbocycles. The standard InChI is InChI=1S/C32H35N5O3S/c1-23-13-16-26(17-14-23)31-35-36-32(37(31)27-11-7-4-8-12-27)41-22-30(38)34-33-20-25-15-18-28(29(19-25)39-2)40-21-24-9-5-3-6-10-24/h3,5-6,9-10,13-20,27H,4,7-8,11-12,21-22H2,1-2H3,(H,34,38). The molecule has 1 aromatic heterocycles. The van der Waals surface area contributed by atoms with E-state index in [1.54, 1.807) is 13.3 Å². The Hall–Kier alpha value is -4.11. The van der Waals surface area contributed by atoms with Crippen LogP contribution in [0.4, 0.5) is 0 Å². The lowest BCUT2D eigenvalue weighted by atomic mass is 9.95. The summed E-state index contributed by atoms with van der Waals surface area (Å²) >= 11 is 1.39. The summed E-state index contributed by atoms with van der Waals surface area (Å²) in [5.74, 6) is 2.07. The highest BCUT2D eigenvalue weighted by molar-refractivity contribution is 7.99. The van der Waals surface area contributed by atoms with Gasteiger partial charge in [0.05, 0.1) is 19.1 Å². The van der Waals surface area contributed by atoms with E-state index < -0.39 is 0 Å². The Balaban J connectivity index is 1.19. The lowest BCUT2D eigenvalue weighted by Gasteiger charge is -2.25. The maximum absolute atomic E-state index is 12.7. The first kappa shape index (κ1) is 28.4. The number of carbonyl (C=O) groups is 1. The molecule has 5 rings (SSSR count). The third-order valence-electron chi connectivity index (χ3n) is 7.07. The Morgan fingerprint density at radius 1 is 1.02 bits per heavy atom. The summed E-state index contributed by atoms with van der Waals surface area (Å²) in [4.78, 5) is 12.7. The Morgan fingerprint density at radius 2 is 1.80 bits per heavy atom. The summed E-state index contributed by atoms with van der Waals surface area (Å²) in [7, 11) is 1.60. The van der Waals surface area contributed by atoms with Gasteiger partial charge in [-0.25, -0.2) is 5.43 Å². The van der Waals surface area contributed by atoms with Crippen molar-refractivity contribution in [2.75, 3.05) is 12.9 Å². The van der Waals surface area contributed by atoms with Crippen LogP contribution in [-0.2, 0) is 11.4 Å². The Labute approximate surface area is 245 Å². The third-order valence-corrected chi connectivity index (χ3v) is 8.02. The van der Waals surface area contributed by atoms with E-state index >= 15 is 0 Å². The summed E-state index contributed by atoms with van der Waals surface area (Å²) in [6.45, 7) is 2.52. The van der Waals surface area contributed by atoms with Gasteiger partial charge in [0.15, 0.2) is 22.5 Å². The van der Waals surface area contributed by atoms with Crippen LogP contribution in [-0.4, -0.2) is 39.7 Å². The second-order valence-corrected chi connectivity index (χ2v) is 11.0. The molecule has 0 atom stereocenters. The molecule has 8 nitrogen and oxygen atoms in total. The molecule has 4 aromatic rings. The van der Waals surface area contributed by atoms with Gasteiger partial charge in [-0.2, -0.15) is 5.10 Å². The lowest BCUT2D eigenvalue weighted by molar-refractivity contribution is -0.118. The van der Waals surface area contributed by atoms with Gasteiger partial charge in [-0.1, -0.05) is 91.2 Å². The summed E-state index contributed by atoms with van der Waals surface area (Å²) in [6.07, 6.45) is 7.44. The number of aromatic nitrogens is 3. The summed E-state index contributed by atoms with van der Waals surface area (Å²) in [5, 5.41) is 13.9. The Morgan fingerprint density at radius 3 is 2.56 bits per heavy atom. The fourth-order valence-electron chi connectivity index (χ4n) is 4.90. The van der Waals surface area contributed by atoms with E-state index in [1.165, 1.54) is 36.6 Å². The largest absolute Gasteiger partial charge is 0.493 e. The van der Waals surface area contributed by atoms with Crippen molar-refractivity contribution in [2.24, 2.45) is 5.10 Å². The van der Waals surface area contributed by atoms with Gasteiger partial charge >= 0.3 is 0 Å². The molecule has 1 fully saturated rings. The van der Waals surface area contributed by atoms with Crippen LogP contribution in [0.5, 0.6) is 11.5 Å². The normalized spacial score (nSPS) is 13.8. The van der Waals surface area contributed by atoms with Crippen LogP contribution in [0.15, 0.2) is 83.1 Å². The van der Waals surface area contributed by atoms with Crippen molar-refractivity contribution in [2.45, 2.75) is 56.8 Å². The van der Waals surface area contributed by atoms with Gasteiger partial charge < -0.3 is 9.47 Å². The van der Waals surface area contributed by atoms with Crippen LogP contribution in [0, 0.1) is 6.92 Å². The zero-order chi connectivity index (χ0) is 28.4. The second-order valence-electron chi connectivity index (χ2n) is 10.1. The molecule has 0 saturated heterocycles. The zero-order valence-corrected chi connectivity index (χ0v) is 24.3. The number of ether oxygens (including phenoxy) is 2. The van der Waals surface area contributed by atoms with Crippen molar-refractivity contribution >= 4 is 23.9 Å². The highest BCUT2D eigenvalue weighted by atomic mass is 32.2. The molecular weight excluding hydrogens is 534 g/mol. The minimum absolute atomic E-state index is 0.186. The second kappa shape index (κ2) is 14.0. The molecule has 0 radical (unpaired) electrons. The SMILES string of the molecule is COc1cc(C=NNC(=O)CSc2nnc(-c3ccc(C)cc3)n2C2CCCCC2)ccc1OCc1ccccc1. The van der Waals surface area contributed by atoms with Gasteiger partial charge in [0.1, 0.15) is 6.61 Å². The average molecular weight is 570 g/mol. The molecule has 1 N–H and O–H groups in total. The molecular formula is C32H35N5O3S. The zero-order valence-electron chi connectivity index (χ0n) is 23.5. The van der Waals surface area contributed by atoms with Crippen LogP contribution >= 0.6 is 11.8 Å². The van der Waals surface area contributed by atoms with Crippen LogP contribution < -0.4 is 14.9 Å². The maximum Gasteiger partial charge on any atom is 0.250 e. The molecule has 1 amide bonds. The Kier molecular flexibility index (Phi) is 9.69. The van der Waals surface area contributed by atoms with Crippen molar-refractivity contribution in [3.05, 3.63) is 89.5 Å². The van der Waals surface area contributed by atoms with Crippen LogP contribution in [0.1, 0.15) is 54.8 Å². The van der Waals surface area contributed by atoms with E-state index in [4.69, 9.17) is 9.47 Å². The van der Waals surface area contributed by atoms with Crippen molar-refractivity contribution < 1.29 is 14.3 Å². The van der Waals surface area contributed by atoms with E-state index in [2.05, 4.69) is 56.5 Å². The number of carbonyl (C=O) groups excluding carboxylic acids is 1. The molecule has 9 heteroatoms.